The van der Waals surface area contributed by atoms with E-state index < -0.39 is 0 Å². The molecule has 1 atom stereocenters. The molecule has 3 rings (SSSR count). The fraction of sp³-hybridized carbons (Fsp3) is 0.444. The van der Waals surface area contributed by atoms with E-state index in [2.05, 4.69) is 20.1 Å². The molecule has 1 aromatic carbocycles. The largest absolute Gasteiger partial charge is 0.351 e. The summed E-state index contributed by atoms with van der Waals surface area (Å²) in [5.74, 6) is -0.352. The summed E-state index contributed by atoms with van der Waals surface area (Å²) < 4.78 is 13.7. The molecule has 1 saturated heterocycles. The molecule has 7 heteroatoms. The number of amides is 1. The predicted octanol–water partition coefficient (Wildman–Crippen LogP) is 2.50. The fourth-order valence-electron chi connectivity index (χ4n) is 3.03. The van der Waals surface area contributed by atoms with Gasteiger partial charge in [0.15, 0.2) is 5.13 Å². The Labute approximate surface area is 151 Å². The molecule has 1 unspecified atom stereocenters. The van der Waals surface area contributed by atoms with Gasteiger partial charge in [0.2, 0.25) is 5.91 Å². The molecule has 0 saturated carbocycles. The van der Waals surface area contributed by atoms with E-state index in [1.807, 2.05) is 18.5 Å². The van der Waals surface area contributed by atoms with E-state index in [1.54, 1.807) is 29.5 Å². The van der Waals surface area contributed by atoms with Crippen molar-refractivity contribution in [3.8, 4) is 0 Å². The minimum absolute atomic E-state index is 0.0639. The van der Waals surface area contributed by atoms with Gasteiger partial charge in [-0.15, -0.1) is 11.3 Å². The van der Waals surface area contributed by atoms with Gasteiger partial charge in [-0.05, 0) is 19.4 Å². The Morgan fingerprint density at radius 1 is 1.32 bits per heavy atom. The lowest BCUT2D eigenvalue weighted by atomic mass is 10.2. The molecule has 2 heterocycles. The lowest BCUT2D eigenvalue weighted by molar-refractivity contribution is -0.126. The molecule has 0 bridgehead atoms. The standard InChI is InChI=1S/C18H23FN4OS/c1-14(17(24)21-13-15-5-2-3-6-16(15)19)22-8-4-9-23(11-10-22)18-20-7-12-25-18/h2-3,5-7,12,14H,4,8-11,13H2,1H3,(H,21,24). The number of hydrogen-bond acceptors (Lipinski definition) is 5. The van der Waals surface area contributed by atoms with Crippen molar-refractivity contribution < 1.29 is 9.18 Å². The molecule has 1 amide bonds. The number of anilines is 1. The van der Waals surface area contributed by atoms with Crippen molar-refractivity contribution in [2.45, 2.75) is 25.9 Å². The number of rotatable bonds is 5. The summed E-state index contributed by atoms with van der Waals surface area (Å²) in [7, 11) is 0. The van der Waals surface area contributed by atoms with Crippen LogP contribution in [-0.2, 0) is 11.3 Å². The van der Waals surface area contributed by atoms with Gasteiger partial charge in [0.05, 0.1) is 6.04 Å². The quantitative estimate of drug-likeness (QED) is 0.888. The number of thiazole rings is 1. The van der Waals surface area contributed by atoms with Crippen LogP contribution in [0.25, 0.3) is 0 Å². The summed E-state index contributed by atoms with van der Waals surface area (Å²) in [4.78, 5) is 21.3. The van der Waals surface area contributed by atoms with Crippen LogP contribution in [0.5, 0.6) is 0 Å². The SMILES string of the molecule is CC(C(=O)NCc1ccccc1F)N1CCCN(c2nccs2)CC1. The van der Waals surface area contributed by atoms with Gasteiger partial charge in [-0.1, -0.05) is 18.2 Å². The number of hydrogen-bond donors (Lipinski definition) is 1. The minimum Gasteiger partial charge on any atom is -0.351 e. The van der Waals surface area contributed by atoms with Gasteiger partial charge < -0.3 is 10.2 Å². The maximum absolute atomic E-state index is 13.7. The normalized spacial score (nSPS) is 17.1. The highest BCUT2D eigenvalue weighted by molar-refractivity contribution is 7.13. The molecule has 1 aliphatic rings. The van der Waals surface area contributed by atoms with E-state index in [1.165, 1.54) is 6.07 Å². The monoisotopic (exact) mass is 362 g/mol. The molecule has 0 radical (unpaired) electrons. The third-order valence-corrected chi connectivity index (χ3v) is 5.39. The molecule has 5 nitrogen and oxygen atoms in total. The van der Waals surface area contributed by atoms with Crippen LogP contribution in [0.1, 0.15) is 18.9 Å². The highest BCUT2D eigenvalue weighted by atomic mass is 32.1. The van der Waals surface area contributed by atoms with Crippen LogP contribution in [0.15, 0.2) is 35.8 Å². The molecule has 1 N–H and O–H groups in total. The number of carbonyl (C=O) groups is 1. The van der Waals surface area contributed by atoms with Crippen molar-refractivity contribution in [3.63, 3.8) is 0 Å². The third kappa shape index (κ3) is 4.55. The van der Waals surface area contributed by atoms with Crippen molar-refractivity contribution in [1.82, 2.24) is 15.2 Å². The summed E-state index contributed by atoms with van der Waals surface area (Å²) in [5.41, 5.74) is 0.508. The van der Waals surface area contributed by atoms with Crippen LogP contribution in [0.3, 0.4) is 0 Å². The summed E-state index contributed by atoms with van der Waals surface area (Å²) in [6, 6.07) is 6.29. The zero-order chi connectivity index (χ0) is 17.6. The first-order valence-corrected chi connectivity index (χ1v) is 9.42. The molecule has 0 spiro atoms. The van der Waals surface area contributed by atoms with E-state index >= 15 is 0 Å². The Morgan fingerprint density at radius 3 is 2.92 bits per heavy atom. The van der Waals surface area contributed by atoms with Crippen molar-refractivity contribution in [2.75, 3.05) is 31.1 Å². The lowest BCUT2D eigenvalue weighted by Crippen LogP contribution is -2.46. The Kier molecular flexibility index (Phi) is 5.99. The molecule has 2 aromatic rings. The second-order valence-corrected chi connectivity index (χ2v) is 7.05. The number of nitrogens with one attached hydrogen (secondary N) is 1. The van der Waals surface area contributed by atoms with Crippen molar-refractivity contribution in [2.24, 2.45) is 0 Å². The molecule has 0 aliphatic carbocycles. The van der Waals surface area contributed by atoms with Crippen LogP contribution < -0.4 is 10.2 Å². The van der Waals surface area contributed by atoms with E-state index in [4.69, 9.17) is 0 Å². The third-order valence-electron chi connectivity index (χ3n) is 4.56. The first-order chi connectivity index (χ1) is 12.1. The predicted molar refractivity (Wildman–Crippen MR) is 98.2 cm³/mol. The Hall–Kier alpha value is -1.99. The maximum atomic E-state index is 13.7. The van der Waals surface area contributed by atoms with Crippen molar-refractivity contribution in [1.29, 1.82) is 0 Å². The van der Waals surface area contributed by atoms with E-state index in [9.17, 15) is 9.18 Å². The lowest BCUT2D eigenvalue weighted by Gasteiger charge is -2.27. The highest BCUT2D eigenvalue weighted by Crippen LogP contribution is 2.19. The first kappa shape index (κ1) is 17.8. The van der Waals surface area contributed by atoms with Gasteiger partial charge in [0.1, 0.15) is 5.82 Å². The molecule has 25 heavy (non-hydrogen) atoms. The van der Waals surface area contributed by atoms with Gasteiger partial charge in [-0.25, -0.2) is 9.37 Å². The maximum Gasteiger partial charge on any atom is 0.237 e. The van der Waals surface area contributed by atoms with Crippen LogP contribution in [0.4, 0.5) is 9.52 Å². The summed E-state index contributed by atoms with van der Waals surface area (Å²) in [6.45, 7) is 5.63. The van der Waals surface area contributed by atoms with Crippen molar-refractivity contribution >= 4 is 22.4 Å². The second kappa shape index (κ2) is 8.40. The second-order valence-electron chi connectivity index (χ2n) is 6.18. The fourth-order valence-corrected chi connectivity index (χ4v) is 3.72. The van der Waals surface area contributed by atoms with E-state index in [0.29, 0.717) is 5.56 Å². The molecular formula is C18H23FN4OS. The van der Waals surface area contributed by atoms with Crippen LogP contribution in [0.2, 0.25) is 0 Å². The van der Waals surface area contributed by atoms with Crippen molar-refractivity contribution in [3.05, 3.63) is 47.2 Å². The number of benzene rings is 1. The van der Waals surface area contributed by atoms with Gasteiger partial charge >= 0.3 is 0 Å². The molecule has 1 aromatic heterocycles. The average molecular weight is 362 g/mol. The number of halogens is 1. The molecule has 1 fully saturated rings. The van der Waals surface area contributed by atoms with Gasteiger partial charge in [0.25, 0.3) is 0 Å². The Balaban J connectivity index is 1.52. The summed E-state index contributed by atoms with van der Waals surface area (Å²) in [6.07, 6.45) is 2.81. The van der Waals surface area contributed by atoms with Gasteiger partial charge in [-0.3, -0.25) is 9.69 Å². The van der Waals surface area contributed by atoms with Crippen LogP contribution in [0, 0.1) is 5.82 Å². The molecule has 134 valence electrons. The van der Waals surface area contributed by atoms with Crippen LogP contribution >= 0.6 is 11.3 Å². The Morgan fingerprint density at radius 2 is 2.16 bits per heavy atom. The zero-order valence-corrected chi connectivity index (χ0v) is 15.1. The summed E-state index contributed by atoms with van der Waals surface area (Å²) in [5, 5.41) is 5.87. The van der Waals surface area contributed by atoms with E-state index in [0.717, 1.165) is 37.7 Å². The van der Waals surface area contributed by atoms with Gasteiger partial charge in [0, 0.05) is 49.9 Å². The molecule has 1 aliphatic heterocycles. The van der Waals surface area contributed by atoms with E-state index in [-0.39, 0.29) is 24.3 Å². The Bertz CT molecular complexity index is 694. The smallest absolute Gasteiger partial charge is 0.237 e. The number of aromatic nitrogens is 1. The highest BCUT2D eigenvalue weighted by Gasteiger charge is 2.24. The zero-order valence-electron chi connectivity index (χ0n) is 14.3. The summed E-state index contributed by atoms with van der Waals surface area (Å²) >= 11 is 1.64. The number of carbonyl (C=O) groups excluding carboxylic acids is 1. The number of nitrogens with zero attached hydrogens (tertiary/aromatic N) is 3. The topological polar surface area (TPSA) is 48.5 Å². The van der Waals surface area contributed by atoms with Crippen LogP contribution in [-0.4, -0.2) is 48.0 Å². The average Bonchev–Trinajstić information content (AvgIpc) is 3.05. The minimum atomic E-state index is -0.288. The first-order valence-electron chi connectivity index (χ1n) is 8.55. The van der Waals surface area contributed by atoms with Gasteiger partial charge in [-0.2, -0.15) is 0 Å². The molecular weight excluding hydrogens is 339 g/mol.